The van der Waals surface area contributed by atoms with Crippen LogP contribution in [0.3, 0.4) is 0 Å². The van der Waals surface area contributed by atoms with Gasteiger partial charge in [0.25, 0.3) is 0 Å². The van der Waals surface area contributed by atoms with Crippen LogP contribution in [0.5, 0.6) is 5.75 Å². The van der Waals surface area contributed by atoms with Crippen LogP contribution in [-0.2, 0) is 11.3 Å². The first-order valence-electron chi connectivity index (χ1n) is 6.70. The van der Waals surface area contributed by atoms with Crippen molar-refractivity contribution in [1.82, 2.24) is 0 Å². The molecule has 0 aliphatic rings. The largest absolute Gasteiger partial charge is 0.455 e. The van der Waals surface area contributed by atoms with E-state index in [9.17, 15) is 9.90 Å². The first kappa shape index (κ1) is 15.7. The summed E-state index contributed by atoms with van der Waals surface area (Å²) < 4.78 is 10.4. The molecule has 0 aliphatic carbocycles. The van der Waals surface area contributed by atoms with Crippen LogP contribution in [0.25, 0.3) is 0 Å². The van der Waals surface area contributed by atoms with Crippen LogP contribution in [-0.4, -0.2) is 25.0 Å². The summed E-state index contributed by atoms with van der Waals surface area (Å²) in [5.74, 6) is 0.453. The number of ether oxygens (including phenoxy) is 2. The average molecular weight is 302 g/mol. The molecule has 22 heavy (non-hydrogen) atoms. The highest BCUT2D eigenvalue weighted by Gasteiger charge is 2.15. The molecule has 0 bridgehead atoms. The average Bonchev–Trinajstić information content (AvgIpc) is 2.55. The third-order valence-electron chi connectivity index (χ3n) is 3.11. The Hall–Kier alpha value is -2.73. The number of carbonyl (C=O) groups excluding carboxylic acids is 1. The summed E-state index contributed by atoms with van der Waals surface area (Å²) in [6.45, 7) is -0.413. The molecule has 6 heteroatoms. The minimum Gasteiger partial charge on any atom is -0.455 e. The van der Waals surface area contributed by atoms with Gasteiger partial charge in [-0.2, -0.15) is 0 Å². The maximum atomic E-state index is 12.0. The predicted molar refractivity (Wildman–Crippen MR) is 83.6 cm³/mol. The maximum Gasteiger partial charge on any atom is 0.416 e. The molecule has 2 rings (SSSR count). The highest BCUT2D eigenvalue weighted by Crippen LogP contribution is 2.21. The fraction of sp³-hybridized carbons (Fsp3) is 0.188. The fourth-order valence-corrected chi connectivity index (χ4v) is 1.92. The number of aliphatic hydroxyl groups excluding tert-OH is 1. The Labute approximate surface area is 128 Å². The summed E-state index contributed by atoms with van der Waals surface area (Å²) in [6.07, 6.45) is -0.588. The lowest BCUT2D eigenvalue weighted by Crippen LogP contribution is -2.29. The molecule has 116 valence electrons. The predicted octanol–water partition coefficient (Wildman–Crippen LogP) is 2.37. The van der Waals surface area contributed by atoms with Gasteiger partial charge in [0.05, 0.1) is 18.0 Å². The van der Waals surface area contributed by atoms with Crippen molar-refractivity contribution < 1.29 is 19.4 Å². The summed E-state index contributed by atoms with van der Waals surface area (Å²) >= 11 is 0. The second-order valence-corrected chi connectivity index (χ2v) is 4.56. The zero-order valence-electron chi connectivity index (χ0n) is 12.2. The molecule has 0 radical (unpaired) electrons. The van der Waals surface area contributed by atoms with Crippen LogP contribution in [0.15, 0.2) is 48.5 Å². The van der Waals surface area contributed by atoms with Crippen molar-refractivity contribution in [3.05, 3.63) is 54.1 Å². The van der Waals surface area contributed by atoms with Crippen molar-refractivity contribution in [2.75, 3.05) is 24.5 Å². The number of nitrogens with two attached hydrogens (primary N) is 1. The van der Waals surface area contributed by atoms with Gasteiger partial charge in [0.1, 0.15) is 5.75 Å². The van der Waals surface area contributed by atoms with E-state index in [-0.39, 0.29) is 13.4 Å². The van der Waals surface area contributed by atoms with E-state index in [4.69, 9.17) is 15.2 Å². The minimum absolute atomic E-state index is 0.162. The third kappa shape index (κ3) is 3.67. The summed E-state index contributed by atoms with van der Waals surface area (Å²) in [7, 11) is 1.56. The molecule has 0 aliphatic heterocycles. The molecule has 1 amide bonds. The highest BCUT2D eigenvalue weighted by molar-refractivity contribution is 5.87. The third-order valence-corrected chi connectivity index (χ3v) is 3.11. The SMILES string of the molecule is CN(C(=O)OCOc1ccccc1N)c1ccccc1CO. The van der Waals surface area contributed by atoms with Crippen LogP contribution in [0.2, 0.25) is 0 Å². The minimum atomic E-state index is -0.588. The lowest BCUT2D eigenvalue weighted by atomic mass is 10.2. The molecule has 0 fully saturated rings. The van der Waals surface area contributed by atoms with Crippen molar-refractivity contribution in [2.45, 2.75) is 6.61 Å². The zero-order chi connectivity index (χ0) is 15.9. The fourth-order valence-electron chi connectivity index (χ4n) is 1.92. The second-order valence-electron chi connectivity index (χ2n) is 4.56. The van der Waals surface area contributed by atoms with Gasteiger partial charge in [-0.25, -0.2) is 4.79 Å². The number of nitrogen functional groups attached to an aromatic ring is 1. The van der Waals surface area contributed by atoms with E-state index < -0.39 is 6.09 Å². The number of para-hydroxylation sites is 3. The van der Waals surface area contributed by atoms with Crippen LogP contribution in [0.4, 0.5) is 16.2 Å². The van der Waals surface area contributed by atoms with Crippen molar-refractivity contribution in [3.8, 4) is 5.75 Å². The standard InChI is InChI=1S/C16H18N2O4/c1-18(14-8-4-2-6-12(14)10-19)16(20)22-11-21-15-9-5-3-7-13(15)17/h2-9,19H,10-11,17H2,1H3. The van der Waals surface area contributed by atoms with Crippen LogP contribution in [0.1, 0.15) is 5.56 Å². The van der Waals surface area contributed by atoms with Gasteiger partial charge < -0.3 is 20.3 Å². The van der Waals surface area contributed by atoms with Crippen molar-refractivity contribution in [3.63, 3.8) is 0 Å². The normalized spacial score (nSPS) is 10.1. The van der Waals surface area contributed by atoms with E-state index in [0.29, 0.717) is 22.7 Å². The number of aliphatic hydroxyl groups is 1. The summed E-state index contributed by atoms with van der Waals surface area (Å²) in [5, 5.41) is 9.29. The lowest BCUT2D eigenvalue weighted by Gasteiger charge is -2.19. The molecule has 0 spiro atoms. The molecule has 6 nitrogen and oxygen atoms in total. The number of anilines is 2. The molecule has 2 aromatic rings. The quantitative estimate of drug-likeness (QED) is 0.654. The Balaban J connectivity index is 1.93. The first-order chi connectivity index (χ1) is 10.6. The van der Waals surface area contributed by atoms with Crippen molar-refractivity contribution >= 4 is 17.5 Å². The molecule has 3 N–H and O–H groups in total. The van der Waals surface area contributed by atoms with Crippen molar-refractivity contribution in [1.29, 1.82) is 0 Å². The number of hydrogen-bond acceptors (Lipinski definition) is 5. The van der Waals surface area contributed by atoms with E-state index in [2.05, 4.69) is 0 Å². The van der Waals surface area contributed by atoms with Gasteiger partial charge in [-0.3, -0.25) is 4.90 Å². The van der Waals surface area contributed by atoms with Gasteiger partial charge >= 0.3 is 6.09 Å². The molecule has 2 aromatic carbocycles. The number of amides is 1. The number of benzene rings is 2. The molecule has 0 aromatic heterocycles. The highest BCUT2D eigenvalue weighted by atomic mass is 16.7. The van der Waals surface area contributed by atoms with Crippen molar-refractivity contribution in [2.24, 2.45) is 0 Å². The molecule has 0 atom stereocenters. The second kappa shape index (κ2) is 7.33. The zero-order valence-corrected chi connectivity index (χ0v) is 12.2. The molecular formula is C16H18N2O4. The van der Waals surface area contributed by atoms with Gasteiger partial charge in [0.2, 0.25) is 6.79 Å². The van der Waals surface area contributed by atoms with E-state index in [0.717, 1.165) is 0 Å². The number of carbonyl (C=O) groups is 1. The molecule has 0 saturated heterocycles. The smallest absolute Gasteiger partial charge is 0.416 e. The summed E-state index contributed by atoms with van der Waals surface area (Å²) in [4.78, 5) is 13.3. The van der Waals surface area contributed by atoms with E-state index in [1.165, 1.54) is 4.90 Å². The Morgan fingerprint density at radius 3 is 2.59 bits per heavy atom. The van der Waals surface area contributed by atoms with Gasteiger partial charge in [-0.05, 0) is 18.2 Å². The summed E-state index contributed by atoms with van der Waals surface area (Å²) in [6, 6.07) is 14.0. The molecule has 0 saturated carbocycles. The number of hydrogen-bond donors (Lipinski definition) is 2. The van der Waals surface area contributed by atoms with Gasteiger partial charge in [-0.15, -0.1) is 0 Å². The van der Waals surface area contributed by atoms with E-state index >= 15 is 0 Å². The molecular weight excluding hydrogens is 284 g/mol. The van der Waals surface area contributed by atoms with Gasteiger partial charge in [-0.1, -0.05) is 30.3 Å². The summed E-state index contributed by atoms with van der Waals surface area (Å²) in [5.41, 5.74) is 7.40. The Kier molecular flexibility index (Phi) is 5.21. The number of nitrogens with zero attached hydrogens (tertiary/aromatic N) is 1. The van der Waals surface area contributed by atoms with Crippen LogP contribution in [0, 0.1) is 0 Å². The molecule has 0 heterocycles. The Bertz CT molecular complexity index is 646. The topological polar surface area (TPSA) is 85.0 Å². The van der Waals surface area contributed by atoms with Gasteiger partial charge in [0.15, 0.2) is 0 Å². The van der Waals surface area contributed by atoms with Gasteiger partial charge in [0, 0.05) is 12.6 Å². The van der Waals surface area contributed by atoms with E-state index in [1.807, 2.05) is 0 Å². The maximum absolute atomic E-state index is 12.0. The lowest BCUT2D eigenvalue weighted by molar-refractivity contribution is 0.0652. The van der Waals surface area contributed by atoms with Crippen LogP contribution < -0.4 is 15.4 Å². The van der Waals surface area contributed by atoms with E-state index in [1.54, 1.807) is 55.6 Å². The Morgan fingerprint density at radius 1 is 1.18 bits per heavy atom. The monoisotopic (exact) mass is 302 g/mol. The number of rotatable bonds is 5. The Morgan fingerprint density at radius 2 is 1.86 bits per heavy atom. The van der Waals surface area contributed by atoms with Crippen LogP contribution >= 0.6 is 0 Å². The molecule has 0 unspecified atom stereocenters. The first-order valence-corrected chi connectivity index (χ1v) is 6.70.